The second kappa shape index (κ2) is 4.25. The van der Waals surface area contributed by atoms with Crippen molar-refractivity contribution < 1.29 is 13.9 Å². The number of furan rings is 1. The van der Waals surface area contributed by atoms with Crippen molar-refractivity contribution in [2.75, 3.05) is 18.9 Å². The van der Waals surface area contributed by atoms with Gasteiger partial charge in [-0.1, -0.05) is 6.07 Å². The van der Waals surface area contributed by atoms with Gasteiger partial charge in [0, 0.05) is 5.56 Å². The van der Waals surface area contributed by atoms with Crippen LogP contribution in [0.3, 0.4) is 0 Å². The summed E-state index contributed by atoms with van der Waals surface area (Å²) in [7, 11) is 0. The van der Waals surface area contributed by atoms with Crippen molar-refractivity contribution in [3.8, 4) is 28.7 Å². The molecule has 0 saturated carbocycles. The molecular formula is C14H12N2O3. The maximum Gasteiger partial charge on any atom is 0.209 e. The summed E-state index contributed by atoms with van der Waals surface area (Å²) in [6, 6.07) is 7.61. The van der Waals surface area contributed by atoms with Gasteiger partial charge in [-0.25, -0.2) is 0 Å². The van der Waals surface area contributed by atoms with Gasteiger partial charge in [0.2, 0.25) is 5.88 Å². The average Bonchev–Trinajstić information content (AvgIpc) is 2.72. The van der Waals surface area contributed by atoms with Crippen molar-refractivity contribution in [1.82, 2.24) is 0 Å². The standard InChI is InChI=1S/C14H12N2O3/c1-8-13(10(7-15)14(16)19-8)9-2-3-11-12(6-9)18-5-4-17-11/h2-3,6H,4-5,16H2,1H3. The molecule has 2 aromatic rings. The van der Waals surface area contributed by atoms with E-state index in [1.807, 2.05) is 18.2 Å². The topological polar surface area (TPSA) is 81.4 Å². The average molecular weight is 256 g/mol. The molecule has 0 aliphatic carbocycles. The number of nitriles is 1. The minimum absolute atomic E-state index is 0.143. The molecule has 0 bridgehead atoms. The lowest BCUT2D eigenvalue weighted by Gasteiger charge is -2.18. The first-order valence-corrected chi connectivity index (χ1v) is 5.89. The minimum atomic E-state index is 0.143. The molecule has 1 aromatic heterocycles. The third-order valence-electron chi connectivity index (χ3n) is 3.05. The zero-order valence-electron chi connectivity index (χ0n) is 10.4. The summed E-state index contributed by atoms with van der Waals surface area (Å²) >= 11 is 0. The summed E-state index contributed by atoms with van der Waals surface area (Å²) in [6.45, 7) is 2.85. The summed E-state index contributed by atoms with van der Waals surface area (Å²) in [6.07, 6.45) is 0. The van der Waals surface area contributed by atoms with E-state index in [4.69, 9.17) is 24.9 Å². The number of nitrogens with zero attached hydrogens (tertiary/aromatic N) is 1. The fourth-order valence-corrected chi connectivity index (χ4v) is 2.22. The Balaban J connectivity index is 2.15. The van der Waals surface area contributed by atoms with E-state index in [0.717, 1.165) is 5.56 Å². The van der Waals surface area contributed by atoms with Crippen molar-refractivity contribution in [3.05, 3.63) is 29.5 Å². The molecule has 3 rings (SSSR count). The number of anilines is 1. The minimum Gasteiger partial charge on any atom is -0.486 e. The van der Waals surface area contributed by atoms with E-state index in [1.165, 1.54) is 0 Å². The van der Waals surface area contributed by atoms with E-state index < -0.39 is 0 Å². The van der Waals surface area contributed by atoms with Gasteiger partial charge < -0.3 is 19.6 Å². The Morgan fingerprint density at radius 2 is 1.95 bits per heavy atom. The molecule has 96 valence electrons. The highest BCUT2D eigenvalue weighted by Gasteiger charge is 2.20. The molecule has 1 aliphatic rings. The molecule has 0 fully saturated rings. The van der Waals surface area contributed by atoms with Crippen LogP contribution >= 0.6 is 0 Å². The number of aryl methyl sites for hydroxylation is 1. The lowest BCUT2D eigenvalue weighted by molar-refractivity contribution is 0.171. The van der Waals surface area contributed by atoms with Gasteiger partial charge in [-0.3, -0.25) is 0 Å². The predicted molar refractivity (Wildman–Crippen MR) is 69.0 cm³/mol. The summed E-state index contributed by atoms with van der Waals surface area (Å²) in [5, 5.41) is 9.17. The summed E-state index contributed by atoms with van der Waals surface area (Å²) in [4.78, 5) is 0. The maximum atomic E-state index is 9.17. The van der Waals surface area contributed by atoms with Gasteiger partial charge in [0.15, 0.2) is 11.5 Å². The van der Waals surface area contributed by atoms with E-state index >= 15 is 0 Å². The number of nitrogens with two attached hydrogens (primary N) is 1. The van der Waals surface area contributed by atoms with Gasteiger partial charge in [0.25, 0.3) is 0 Å². The monoisotopic (exact) mass is 256 g/mol. The number of hydrogen-bond donors (Lipinski definition) is 1. The summed E-state index contributed by atoms with van der Waals surface area (Å²) in [5.41, 5.74) is 7.58. The van der Waals surface area contributed by atoms with E-state index in [9.17, 15) is 0 Å². The molecular weight excluding hydrogens is 244 g/mol. The molecule has 0 saturated heterocycles. The zero-order chi connectivity index (χ0) is 13.4. The fraction of sp³-hybridized carbons (Fsp3) is 0.214. The van der Waals surface area contributed by atoms with Crippen LogP contribution in [0.15, 0.2) is 22.6 Å². The highest BCUT2D eigenvalue weighted by Crippen LogP contribution is 2.39. The smallest absolute Gasteiger partial charge is 0.209 e. The molecule has 0 atom stereocenters. The second-order valence-electron chi connectivity index (χ2n) is 4.24. The lowest BCUT2D eigenvalue weighted by atomic mass is 10.0. The molecule has 0 radical (unpaired) electrons. The highest BCUT2D eigenvalue weighted by atomic mass is 16.6. The molecule has 5 heteroatoms. The normalized spacial score (nSPS) is 13.1. The van der Waals surface area contributed by atoms with Crippen LogP contribution in [0.2, 0.25) is 0 Å². The van der Waals surface area contributed by atoms with Crippen molar-refractivity contribution in [2.24, 2.45) is 0 Å². The van der Waals surface area contributed by atoms with Crippen molar-refractivity contribution >= 4 is 5.88 Å². The van der Waals surface area contributed by atoms with Crippen LogP contribution in [0.4, 0.5) is 5.88 Å². The number of hydrogen-bond acceptors (Lipinski definition) is 5. The maximum absolute atomic E-state index is 9.17. The van der Waals surface area contributed by atoms with Crippen LogP contribution in [0.25, 0.3) is 11.1 Å². The van der Waals surface area contributed by atoms with Gasteiger partial charge in [-0.05, 0) is 24.6 Å². The summed E-state index contributed by atoms with van der Waals surface area (Å²) in [5.74, 6) is 2.14. The van der Waals surface area contributed by atoms with Crippen LogP contribution < -0.4 is 15.2 Å². The molecule has 1 aromatic carbocycles. The van der Waals surface area contributed by atoms with Crippen LogP contribution in [0.1, 0.15) is 11.3 Å². The van der Waals surface area contributed by atoms with Crippen LogP contribution in [-0.4, -0.2) is 13.2 Å². The first-order chi connectivity index (χ1) is 9.20. The largest absolute Gasteiger partial charge is 0.486 e. The molecule has 5 nitrogen and oxygen atoms in total. The van der Waals surface area contributed by atoms with Crippen LogP contribution in [0, 0.1) is 18.3 Å². The van der Waals surface area contributed by atoms with Crippen LogP contribution in [0.5, 0.6) is 11.5 Å². The Labute approximate surface area is 110 Å². The fourth-order valence-electron chi connectivity index (χ4n) is 2.22. The molecule has 19 heavy (non-hydrogen) atoms. The van der Waals surface area contributed by atoms with Gasteiger partial charge >= 0.3 is 0 Å². The van der Waals surface area contributed by atoms with Gasteiger partial charge in [0.05, 0.1) is 0 Å². The number of nitrogen functional groups attached to an aromatic ring is 1. The van der Waals surface area contributed by atoms with E-state index in [0.29, 0.717) is 41.6 Å². The Morgan fingerprint density at radius 3 is 2.68 bits per heavy atom. The molecule has 1 aliphatic heterocycles. The van der Waals surface area contributed by atoms with E-state index in [-0.39, 0.29) is 5.88 Å². The van der Waals surface area contributed by atoms with Crippen molar-refractivity contribution in [2.45, 2.75) is 6.92 Å². The number of ether oxygens (including phenoxy) is 2. The lowest BCUT2D eigenvalue weighted by Crippen LogP contribution is -2.15. The second-order valence-corrected chi connectivity index (χ2v) is 4.24. The highest BCUT2D eigenvalue weighted by molar-refractivity contribution is 5.78. The third-order valence-corrected chi connectivity index (χ3v) is 3.05. The van der Waals surface area contributed by atoms with Crippen LogP contribution in [-0.2, 0) is 0 Å². The molecule has 2 N–H and O–H groups in total. The molecule has 0 spiro atoms. The van der Waals surface area contributed by atoms with Crippen molar-refractivity contribution in [1.29, 1.82) is 5.26 Å². The molecule has 0 amide bonds. The summed E-state index contributed by atoms with van der Waals surface area (Å²) < 4.78 is 16.3. The van der Waals surface area contributed by atoms with Crippen molar-refractivity contribution in [3.63, 3.8) is 0 Å². The number of rotatable bonds is 1. The quantitative estimate of drug-likeness (QED) is 0.847. The molecule has 0 unspecified atom stereocenters. The Bertz CT molecular complexity index is 683. The Hall–Kier alpha value is -2.61. The van der Waals surface area contributed by atoms with Gasteiger partial charge in [-0.2, -0.15) is 5.26 Å². The van der Waals surface area contributed by atoms with Gasteiger partial charge in [0.1, 0.15) is 30.6 Å². The number of benzene rings is 1. The predicted octanol–water partition coefficient (Wildman–Crippen LogP) is 2.48. The number of fused-ring (bicyclic) bond motifs is 1. The van der Waals surface area contributed by atoms with Gasteiger partial charge in [-0.15, -0.1) is 0 Å². The Kier molecular flexibility index (Phi) is 2.57. The molecule has 2 heterocycles. The first kappa shape index (κ1) is 11.5. The third kappa shape index (κ3) is 1.78. The van der Waals surface area contributed by atoms with E-state index in [1.54, 1.807) is 6.92 Å². The first-order valence-electron chi connectivity index (χ1n) is 5.89. The van der Waals surface area contributed by atoms with E-state index in [2.05, 4.69) is 6.07 Å². The zero-order valence-corrected chi connectivity index (χ0v) is 10.4. The Morgan fingerprint density at radius 1 is 1.21 bits per heavy atom. The SMILES string of the molecule is Cc1oc(N)c(C#N)c1-c1ccc2c(c1)OCCO2.